The van der Waals surface area contributed by atoms with E-state index in [2.05, 4.69) is 10.6 Å². The lowest BCUT2D eigenvalue weighted by atomic mass is 9.88. The summed E-state index contributed by atoms with van der Waals surface area (Å²) in [5.74, 6) is -0.725. The maximum atomic E-state index is 13.7. The van der Waals surface area contributed by atoms with Gasteiger partial charge in [0.25, 0.3) is 5.91 Å². The minimum atomic E-state index is -4.49. The number of rotatable bonds is 7. The number of urea groups is 1. The van der Waals surface area contributed by atoms with Crippen molar-refractivity contribution >= 4 is 29.2 Å². The fraction of sp³-hybridized carbons (Fsp3) is 0.516. The summed E-state index contributed by atoms with van der Waals surface area (Å²) in [6.45, 7) is 3.64. The predicted octanol–water partition coefficient (Wildman–Crippen LogP) is 5.61. The number of para-hydroxylation sites is 1. The Hall–Kier alpha value is -3.80. The third-order valence-corrected chi connectivity index (χ3v) is 8.19. The third kappa shape index (κ3) is 7.78. The van der Waals surface area contributed by atoms with Gasteiger partial charge < -0.3 is 30.3 Å². The van der Waals surface area contributed by atoms with Gasteiger partial charge in [0.05, 0.1) is 36.0 Å². The number of alkyl halides is 3. The number of likely N-dealkylation sites (N-methyl/N-ethyl adjacent to an activating group) is 1. The molecule has 1 heterocycles. The molecule has 0 bridgehead atoms. The SMILES string of the molecule is C[C@@H]1CN([C@@H](C)CO)C(=O)c2cccc(NC(=O)C3CCCCC3)c2O[C@H]1CN(C)C(=O)Nc1ccc(C(F)(F)F)cc1. The van der Waals surface area contributed by atoms with Crippen molar-refractivity contribution in [3.63, 3.8) is 0 Å². The van der Waals surface area contributed by atoms with Gasteiger partial charge in [-0.3, -0.25) is 9.59 Å². The van der Waals surface area contributed by atoms with Crippen molar-refractivity contribution in [2.45, 2.75) is 64.3 Å². The number of carbonyl (C=O) groups is 3. The lowest BCUT2D eigenvalue weighted by Crippen LogP contribution is -2.50. The van der Waals surface area contributed by atoms with E-state index in [0.717, 1.165) is 44.2 Å². The smallest absolute Gasteiger partial charge is 0.416 e. The van der Waals surface area contributed by atoms with Crippen LogP contribution in [0.2, 0.25) is 0 Å². The predicted molar refractivity (Wildman–Crippen MR) is 156 cm³/mol. The molecule has 1 aliphatic heterocycles. The second-order valence-corrected chi connectivity index (χ2v) is 11.5. The van der Waals surface area contributed by atoms with Gasteiger partial charge in [-0.05, 0) is 56.2 Å². The van der Waals surface area contributed by atoms with Crippen molar-refractivity contribution in [2.75, 3.05) is 37.4 Å². The summed E-state index contributed by atoms with van der Waals surface area (Å²) in [5.41, 5.74) is -0.0376. The van der Waals surface area contributed by atoms with Gasteiger partial charge in [0.1, 0.15) is 6.10 Å². The number of hydrogen-bond acceptors (Lipinski definition) is 5. The highest BCUT2D eigenvalue weighted by molar-refractivity contribution is 6.02. The Kier molecular flexibility index (Phi) is 10.2. The Morgan fingerprint density at radius 2 is 1.77 bits per heavy atom. The normalized spacial score (nSPS) is 20.3. The van der Waals surface area contributed by atoms with Crippen LogP contribution >= 0.6 is 0 Å². The molecule has 1 saturated carbocycles. The van der Waals surface area contributed by atoms with Crippen LogP contribution in [-0.4, -0.2) is 71.6 Å². The van der Waals surface area contributed by atoms with Gasteiger partial charge in [-0.25, -0.2) is 4.79 Å². The molecule has 234 valence electrons. The van der Waals surface area contributed by atoms with Crippen LogP contribution < -0.4 is 15.4 Å². The van der Waals surface area contributed by atoms with Crippen molar-refractivity contribution in [1.29, 1.82) is 0 Å². The molecule has 2 aromatic rings. The van der Waals surface area contributed by atoms with Crippen molar-refractivity contribution < 1.29 is 37.4 Å². The summed E-state index contributed by atoms with van der Waals surface area (Å²) >= 11 is 0. The minimum Gasteiger partial charge on any atom is -0.485 e. The molecule has 4 rings (SSSR count). The minimum absolute atomic E-state index is 0.0630. The first kappa shape index (κ1) is 32.1. The van der Waals surface area contributed by atoms with Crippen molar-refractivity contribution in [1.82, 2.24) is 9.80 Å². The fourth-order valence-corrected chi connectivity index (χ4v) is 5.47. The average Bonchev–Trinajstić information content (AvgIpc) is 2.99. The van der Waals surface area contributed by atoms with Gasteiger partial charge in [-0.15, -0.1) is 0 Å². The zero-order valence-corrected chi connectivity index (χ0v) is 24.6. The van der Waals surface area contributed by atoms with Gasteiger partial charge >= 0.3 is 12.2 Å². The Labute approximate surface area is 249 Å². The van der Waals surface area contributed by atoms with Crippen molar-refractivity contribution in [2.24, 2.45) is 11.8 Å². The van der Waals surface area contributed by atoms with Gasteiger partial charge in [0, 0.05) is 31.1 Å². The highest BCUT2D eigenvalue weighted by Gasteiger charge is 2.36. The lowest BCUT2D eigenvalue weighted by molar-refractivity contribution is -0.137. The second kappa shape index (κ2) is 13.7. The standard InChI is InChI=1S/C31H39F3N4O5/c1-19-16-38(20(2)18-39)29(41)24-10-7-11-25(36-28(40)21-8-5-4-6-9-21)27(24)43-26(19)17-37(3)30(42)35-23-14-12-22(13-15-23)31(32,33)34/h7,10-15,19-21,26,39H,4-6,8-9,16-18H2,1-3H3,(H,35,42)(H,36,40)/t19-,20+,26+/m1/s1. The highest BCUT2D eigenvalue weighted by atomic mass is 19.4. The summed E-state index contributed by atoms with van der Waals surface area (Å²) in [5, 5.41) is 15.5. The summed E-state index contributed by atoms with van der Waals surface area (Å²) in [6, 6.07) is 8.04. The van der Waals surface area contributed by atoms with Crippen LogP contribution in [0.1, 0.15) is 61.9 Å². The second-order valence-electron chi connectivity index (χ2n) is 11.5. The summed E-state index contributed by atoms with van der Waals surface area (Å²) in [7, 11) is 1.53. The van der Waals surface area contributed by atoms with E-state index in [-0.39, 0.29) is 60.3 Å². The number of ether oxygens (including phenoxy) is 1. The molecular weight excluding hydrogens is 565 g/mol. The molecule has 0 aromatic heterocycles. The molecule has 2 aliphatic rings. The molecule has 0 unspecified atom stereocenters. The summed E-state index contributed by atoms with van der Waals surface area (Å²) < 4.78 is 45.2. The number of aliphatic hydroxyl groups is 1. The molecule has 0 radical (unpaired) electrons. The van der Waals surface area contributed by atoms with Crippen LogP contribution in [0.4, 0.5) is 29.3 Å². The van der Waals surface area contributed by atoms with E-state index in [1.165, 1.54) is 24.1 Å². The number of nitrogens with one attached hydrogen (secondary N) is 2. The quantitative estimate of drug-likeness (QED) is 0.381. The van der Waals surface area contributed by atoms with E-state index < -0.39 is 29.9 Å². The first-order valence-electron chi connectivity index (χ1n) is 14.6. The molecule has 12 heteroatoms. The van der Waals surface area contributed by atoms with E-state index in [1.54, 1.807) is 30.0 Å². The van der Waals surface area contributed by atoms with Crippen LogP contribution in [0.25, 0.3) is 0 Å². The monoisotopic (exact) mass is 604 g/mol. The van der Waals surface area contributed by atoms with Gasteiger partial charge in [-0.2, -0.15) is 13.2 Å². The highest BCUT2D eigenvalue weighted by Crippen LogP contribution is 2.36. The van der Waals surface area contributed by atoms with Gasteiger partial charge in [-0.1, -0.05) is 32.3 Å². The first-order valence-corrected chi connectivity index (χ1v) is 14.6. The number of amides is 4. The van der Waals surface area contributed by atoms with Crippen LogP contribution in [0, 0.1) is 11.8 Å². The van der Waals surface area contributed by atoms with Crippen LogP contribution in [0.5, 0.6) is 5.75 Å². The maximum Gasteiger partial charge on any atom is 0.416 e. The van der Waals surface area contributed by atoms with E-state index >= 15 is 0 Å². The Morgan fingerprint density at radius 1 is 1.09 bits per heavy atom. The number of carbonyl (C=O) groups excluding carboxylic acids is 3. The van der Waals surface area contributed by atoms with Gasteiger partial charge in [0.2, 0.25) is 5.91 Å². The number of halogens is 3. The van der Waals surface area contributed by atoms with Crippen molar-refractivity contribution in [3.05, 3.63) is 53.6 Å². The molecule has 43 heavy (non-hydrogen) atoms. The number of nitrogens with zero attached hydrogens (tertiary/aromatic N) is 2. The fourth-order valence-electron chi connectivity index (χ4n) is 5.47. The molecule has 1 aliphatic carbocycles. The average molecular weight is 605 g/mol. The van der Waals surface area contributed by atoms with E-state index in [1.807, 2.05) is 6.92 Å². The Morgan fingerprint density at radius 3 is 2.40 bits per heavy atom. The first-order chi connectivity index (χ1) is 20.4. The molecule has 3 N–H and O–H groups in total. The van der Waals surface area contributed by atoms with Crippen LogP contribution in [0.15, 0.2) is 42.5 Å². The number of fused-ring (bicyclic) bond motifs is 1. The summed E-state index contributed by atoms with van der Waals surface area (Å²) in [4.78, 5) is 42.8. The topological polar surface area (TPSA) is 111 Å². The number of benzene rings is 2. The number of hydrogen-bond donors (Lipinski definition) is 3. The Bertz CT molecular complexity index is 1300. The number of aliphatic hydroxyl groups excluding tert-OH is 1. The summed E-state index contributed by atoms with van der Waals surface area (Å²) in [6.07, 6.45) is -0.485. The van der Waals surface area contributed by atoms with E-state index in [9.17, 15) is 32.7 Å². The zero-order chi connectivity index (χ0) is 31.3. The van der Waals surface area contributed by atoms with E-state index in [0.29, 0.717) is 5.69 Å². The molecule has 3 atom stereocenters. The molecule has 9 nitrogen and oxygen atoms in total. The molecule has 0 spiro atoms. The Balaban J connectivity index is 1.58. The molecule has 2 aromatic carbocycles. The van der Waals surface area contributed by atoms with Crippen LogP contribution in [-0.2, 0) is 11.0 Å². The molecule has 4 amide bonds. The third-order valence-electron chi connectivity index (χ3n) is 8.19. The zero-order valence-electron chi connectivity index (χ0n) is 24.6. The lowest BCUT2D eigenvalue weighted by Gasteiger charge is -2.38. The number of anilines is 2. The van der Waals surface area contributed by atoms with E-state index in [4.69, 9.17) is 4.74 Å². The van der Waals surface area contributed by atoms with Crippen molar-refractivity contribution in [3.8, 4) is 5.75 Å². The largest absolute Gasteiger partial charge is 0.485 e. The van der Waals surface area contributed by atoms with Gasteiger partial charge in [0.15, 0.2) is 5.75 Å². The maximum absolute atomic E-state index is 13.7. The molecule has 0 saturated heterocycles. The molecular formula is C31H39F3N4O5. The van der Waals surface area contributed by atoms with Crippen LogP contribution in [0.3, 0.4) is 0 Å². The molecule has 1 fully saturated rings.